The van der Waals surface area contributed by atoms with E-state index < -0.39 is 12.1 Å². The van der Waals surface area contributed by atoms with Crippen molar-refractivity contribution in [1.82, 2.24) is 0 Å². The van der Waals surface area contributed by atoms with Crippen molar-refractivity contribution in [2.24, 2.45) is 0 Å². The van der Waals surface area contributed by atoms with Crippen LogP contribution >= 0.6 is 0 Å². The van der Waals surface area contributed by atoms with E-state index in [0.717, 1.165) is 0 Å². The van der Waals surface area contributed by atoms with Gasteiger partial charge in [-0.25, -0.2) is 4.39 Å². The molecule has 0 heterocycles. The van der Waals surface area contributed by atoms with E-state index in [1.54, 1.807) is 6.07 Å². The van der Waals surface area contributed by atoms with Crippen molar-refractivity contribution >= 4 is 5.78 Å². The number of benzene rings is 1. The number of halogens is 1. The van der Waals surface area contributed by atoms with Crippen LogP contribution in [-0.4, -0.2) is 31.9 Å². The Hall–Kier alpha value is -1.46. The minimum atomic E-state index is -0.589. The third kappa shape index (κ3) is 4.96. The zero-order chi connectivity index (χ0) is 14.3. The van der Waals surface area contributed by atoms with Gasteiger partial charge < -0.3 is 14.2 Å². The minimum Gasteiger partial charge on any atom is -0.488 e. The molecule has 1 aromatic carbocycles. The lowest BCUT2D eigenvalue weighted by molar-refractivity contribution is -0.152. The Kier molecular flexibility index (Phi) is 6.45. The summed E-state index contributed by atoms with van der Waals surface area (Å²) in [6.07, 6.45) is -0.481. The molecule has 0 unspecified atom stereocenters. The first kappa shape index (κ1) is 15.6. The first-order valence-corrected chi connectivity index (χ1v) is 6.25. The summed E-state index contributed by atoms with van der Waals surface area (Å²) in [5, 5.41) is 0. The molecule has 0 saturated carbocycles. The fourth-order valence-corrected chi connectivity index (χ4v) is 1.55. The number of Topliss-reactive ketones (excluding diaryl/α,β-unsaturated/α-hetero) is 1. The molecule has 1 aromatic rings. The van der Waals surface area contributed by atoms with Gasteiger partial charge in [-0.15, -0.1) is 0 Å². The van der Waals surface area contributed by atoms with Gasteiger partial charge in [-0.1, -0.05) is 0 Å². The summed E-state index contributed by atoms with van der Waals surface area (Å²) in [5.74, 6) is -0.563. The number of ketones is 1. The van der Waals surface area contributed by atoms with E-state index in [9.17, 15) is 9.18 Å². The normalized spacial score (nSPS) is 10.8. The van der Waals surface area contributed by atoms with Gasteiger partial charge in [0.05, 0.1) is 5.56 Å². The molecule has 5 heteroatoms. The minimum absolute atomic E-state index is 0.0542. The van der Waals surface area contributed by atoms with Crippen LogP contribution in [0, 0.1) is 5.82 Å². The topological polar surface area (TPSA) is 44.8 Å². The quantitative estimate of drug-likeness (QED) is 0.538. The zero-order valence-corrected chi connectivity index (χ0v) is 11.4. The SMILES string of the molecule is CCOC(COc1ccc(C(C)=O)c(F)c1)OCC. The van der Waals surface area contributed by atoms with Gasteiger partial charge in [-0.05, 0) is 32.9 Å². The smallest absolute Gasteiger partial charge is 0.191 e. The van der Waals surface area contributed by atoms with Gasteiger partial charge in [0.15, 0.2) is 12.1 Å². The summed E-state index contributed by atoms with van der Waals surface area (Å²) in [6, 6.07) is 4.14. The van der Waals surface area contributed by atoms with Crippen LogP contribution in [0.25, 0.3) is 0 Å². The predicted molar refractivity (Wildman–Crippen MR) is 68.9 cm³/mol. The summed E-state index contributed by atoms with van der Waals surface area (Å²) >= 11 is 0. The highest BCUT2D eigenvalue weighted by atomic mass is 19.1. The molecule has 0 aliphatic heterocycles. The van der Waals surface area contributed by atoms with Crippen molar-refractivity contribution in [3.05, 3.63) is 29.6 Å². The highest BCUT2D eigenvalue weighted by Gasteiger charge is 2.11. The van der Waals surface area contributed by atoms with Gasteiger partial charge in [0.2, 0.25) is 0 Å². The second kappa shape index (κ2) is 7.86. The number of carbonyl (C=O) groups is 1. The molecule has 0 fully saturated rings. The molecule has 0 aromatic heterocycles. The summed E-state index contributed by atoms with van der Waals surface area (Å²) in [4.78, 5) is 11.1. The van der Waals surface area contributed by atoms with Crippen LogP contribution < -0.4 is 4.74 Å². The highest BCUT2D eigenvalue weighted by molar-refractivity contribution is 5.94. The molecule has 4 nitrogen and oxygen atoms in total. The average Bonchev–Trinajstić information content (AvgIpc) is 2.36. The Bertz CT molecular complexity index is 414. The molecule has 0 N–H and O–H groups in total. The highest BCUT2D eigenvalue weighted by Crippen LogP contribution is 2.17. The Balaban J connectivity index is 2.62. The maximum Gasteiger partial charge on any atom is 0.191 e. The van der Waals surface area contributed by atoms with Crippen LogP contribution in [0.3, 0.4) is 0 Å². The van der Waals surface area contributed by atoms with Crippen molar-refractivity contribution in [1.29, 1.82) is 0 Å². The molecule has 0 atom stereocenters. The molecular weight excluding hydrogens is 251 g/mol. The van der Waals surface area contributed by atoms with Crippen molar-refractivity contribution in [3.63, 3.8) is 0 Å². The third-order valence-electron chi connectivity index (χ3n) is 2.41. The molecule has 0 spiro atoms. The fraction of sp³-hybridized carbons (Fsp3) is 0.500. The number of ether oxygens (including phenoxy) is 3. The molecule has 106 valence electrons. The number of hydrogen-bond donors (Lipinski definition) is 0. The van der Waals surface area contributed by atoms with Gasteiger partial charge in [-0.3, -0.25) is 4.79 Å². The van der Waals surface area contributed by atoms with Crippen LogP contribution in [0.4, 0.5) is 4.39 Å². The van der Waals surface area contributed by atoms with Gasteiger partial charge in [0.25, 0.3) is 0 Å². The molecule has 19 heavy (non-hydrogen) atoms. The predicted octanol–water partition coefficient (Wildman–Crippen LogP) is 2.81. The Morgan fingerprint density at radius 1 is 1.26 bits per heavy atom. The summed E-state index contributed by atoms with van der Waals surface area (Å²) in [5.41, 5.74) is 0.0542. The summed E-state index contributed by atoms with van der Waals surface area (Å²) in [6.45, 7) is 6.21. The average molecular weight is 270 g/mol. The van der Waals surface area contributed by atoms with Gasteiger partial charge >= 0.3 is 0 Å². The van der Waals surface area contributed by atoms with Crippen LogP contribution in [0.2, 0.25) is 0 Å². The van der Waals surface area contributed by atoms with Crippen molar-refractivity contribution in [2.75, 3.05) is 19.8 Å². The largest absolute Gasteiger partial charge is 0.488 e. The van der Waals surface area contributed by atoms with Crippen molar-refractivity contribution in [2.45, 2.75) is 27.1 Å². The Morgan fingerprint density at radius 2 is 1.89 bits per heavy atom. The van der Waals surface area contributed by atoms with E-state index in [0.29, 0.717) is 19.0 Å². The van der Waals surface area contributed by atoms with Gasteiger partial charge in [0.1, 0.15) is 18.2 Å². The third-order valence-corrected chi connectivity index (χ3v) is 2.41. The number of carbonyl (C=O) groups excluding carboxylic acids is 1. The zero-order valence-electron chi connectivity index (χ0n) is 11.4. The lowest BCUT2D eigenvalue weighted by Gasteiger charge is -2.17. The summed E-state index contributed by atoms with van der Waals surface area (Å²) < 4.78 is 29.5. The molecule has 0 aliphatic carbocycles. The van der Waals surface area contributed by atoms with Crippen molar-refractivity contribution in [3.8, 4) is 5.75 Å². The molecule has 0 bridgehead atoms. The van der Waals surface area contributed by atoms with Gasteiger partial charge in [0, 0.05) is 19.3 Å². The molecule has 0 radical (unpaired) electrons. The first-order valence-electron chi connectivity index (χ1n) is 6.25. The fourth-order valence-electron chi connectivity index (χ4n) is 1.55. The van der Waals surface area contributed by atoms with Crippen LogP contribution in [0.1, 0.15) is 31.1 Å². The van der Waals surface area contributed by atoms with Crippen LogP contribution in [-0.2, 0) is 9.47 Å². The van der Waals surface area contributed by atoms with E-state index in [-0.39, 0.29) is 18.0 Å². The maximum absolute atomic E-state index is 13.6. The number of hydrogen-bond acceptors (Lipinski definition) is 4. The molecule has 0 saturated heterocycles. The molecular formula is C14H19FO4. The Morgan fingerprint density at radius 3 is 2.37 bits per heavy atom. The second-order valence-corrected chi connectivity index (χ2v) is 3.85. The van der Waals surface area contributed by atoms with E-state index in [1.807, 2.05) is 13.8 Å². The molecule has 0 amide bonds. The van der Waals surface area contributed by atoms with E-state index in [2.05, 4.69) is 0 Å². The van der Waals surface area contributed by atoms with Gasteiger partial charge in [-0.2, -0.15) is 0 Å². The van der Waals surface area contributed by atoms with E-state index in [4.69, 9.17) is 14.2 Å². The number of rotatable bonds is 8. The van der Waals surface area contributed by atoms with Crippen LogP contribution in [0.5, 0.6) is 5.75 Å². The summed E-state index contributed by atoms with van der Waals surface area (Å²) in [7, 11) is 0. The standard InChI is InChI=1S/C14H19FO4/c1-4-17-14(18-5-2)9-19-11-6-7-12(10(3)16)13(15)8-11/h6-8,14H,4-5,9H2,1-3H3. The first-order chi connectivity index (χ1) is 9.08. The van der Waals surface area contributed by atoms with Crippen LogP contribution in [0.15, 0.2) is 18.2 Å². The lowest BCUT2D eigenvalue weighted by atomic mass is 10.1. The molecule has 0 aliphatic rings. The van der Waals surface area contributed by atoms with E-state index in [1.165, 1.54) is 19.1 Å². The maximum atomic E-state index is 13.6. The van der Waals surface area contributed by atoms with Crippen molar-refractivity contribution < 1.29 is 23.4 Å². The monoisotopic (exact) mass is 270 g/mol. The second-order valence-electron chi connectivity index (χ2n) is 3.85. The Labute approximate surface area is 112 Å². The lowest BCUT2D eigenvalue weighted by Crippen LogP contribution is -2.25. The molecule has 1 rings (SSSR count). The van der Waals surface area contributed by atoms with E-state index >= 15 is 0 Å².